The number of hydrogen-bond acceptors (Lipinski definition) is 3. The van der Waals surface area contributed by atoms with Gasteiger partial charge in [-0.05, 0) is 38.1 Å². The van der Waals surface area contributed by atoms with Crippen molar-refractivity contribution in [2.75, 3.05) is 32.8 Å². The molecule has 0 amide bonds. The standard InChI is InChI=1S/C14H28N2O/c1-12(2)6-10-17-11-7-15-13-5-9-16-8-3-4-14(13)16/h12-15H,3-11H2,1-2H3. The van der Waals surface area contributed by atoms with E-state index in [1.807, 2.05) is 0 Å². The van der Waals surface area contributed by atoms with Gasteiger partial charge >= 0.3 is 0 Å². The number of rotatable bonds is 7. The van der Waals surface area contributed by atoms with E-state index in [1.165, 1.54) is 38.8 Å². The zero-order chi connectivity index (χ0) is 12.1. The second-order valence-corrected chi connectivity index (χ2v) is 5.89. The van der Waals surface area contributed by atoms with Crippen molar-refractivity contribution < 1.29 is 4.74 Å². The molecule has 1 N–H and O–H groups in total. The minimum Gasteiger partial charge on any atom is -0.380 e. The van der Waals surface area contributed by atoms with Crippen LogP contribution in [0.5, 0.6) is 0 Å². The van der Waals surface area contributed by atoms with Crippen LogP contribution >= 0.6 is 0 Å². The third-order valence-electron chi connectivity index (χ3n) is 4.10. The third kappa shape index (κ3) is 3.94. The van der Waals surface area contributed by atoms with Crippen LogP contribution in [-0.2, 0) is 4.74 Å². The first-order chi connectivity index (χ1) is 8.27. The van der Waals surface area contributed by atoms with Crippen molar-refractivity contribution >= 4 is 0 Å². The van der Waals surface area contributed by atoms with E-state index in [2.05, 4.69) is 24.1 Å². The van der Waals surface area contributed by atoms with Crippen molar-refractivity contribution in [3.63, 3.8) is 0 Å². The average molecular weight is 240 g/mol. The molecule has 3 nitrogen and oxygen atoms in total. The monoisotopic (exact) mass is 240 g/mol. The maximum absolute atomic E-state index is 5.64. The second-order valence-electron chi connectivity index (χ2n) is 5.89. The fraction of sp³-hybridized carbons (Fsp3) is 1.00. The summed E-state index contributed by atoms with van der Waals surface area (Å²) in [5, 5.41) is 3.67. The van der Waals surface area contributed by atoms with Gasteiger partial charge in [0.2, 0.25) is 0 Å². The Balaban J connectivity index is 1.51. The number of hydrogen-bond donors (Lipinski definition) is 1. The Morgan fingerprint density at radius 3 is 2.94 bits per heavy atom. The zero-order valence-corrected chi connectivity index (χ0v) is 11.5. The van der Waals surface area contributed by atoms with Crippen molar-refractivity contribution in [2.24, 2.45) is 5.92 Å². The molecule has 2 rings (SSSR count). The van der Waals surface area contributed by atoms with Crippen LogP contribution in [0.3, 0.4) is 0 Å². The summed E-state index contributed by atoms with van der Waals surface area (Å²) in [7, 11) is 0. The lowest BCUT2D eigenvalue weighted by Gasteiger charge is -2.21. The van der Waals surface area contributed by atoms with E-state index in [-0.39, 0.29) is 0 Å². The van der Waals surface area contributed by atoms with Gasteiger partial charge in [-0.3, -0.25) is 4.90 Å². The molecule has 100 valence electrons. The molecule has 0 aromatic heterocycles. The van der Waals surface area contributed by atoms with E-state index in [1.54, 1.807) is 0 Å². The van der Waals surface area contributed by atoms with Crippen molar-refractivity contribution in [3.8, 4) is 0 Å². The summed E-state index contributed by atoms with van der Waals surface area (Å²) in [6, 6.07) is 1.55. The molecule has 0 aromatic carbocycles. The predicted octanol–water partition coefficient (Wildman–Crippen LogP) is 1.88. The van der Waals surface area contributed by atoms with Crippen LogP contribution in [0.2, 0.25) is 0 Å². The fourth-order valence-electron chi connectivity index (χ4n) is 3.06. The van der Waals surface area contributed by atoms with Gasteiger partial charge < -0.3 is 10.1 Å². The van der Waals surface area contributed by atoms with Crippen LogP contribution in [0.4, 0.5) is 0 Å². The maximum Gasteiger partial charge on any atom is 0.0591 e. The Labute approximate surface area is 106 Å². The van der Waals surface area contributed by atoms with E-state index < -0.39 is 0 Å². The predicted molar refractivity (Wildman–Crippen MR) is 71.3 cm³/mol. The Kier molecular flexibility index (Phi) is 5.26. The molecule has 2 atom stereocenters. The van der Waals surface area contributed by atoms with Gasteiger partial charge in [-0.1, -0.05) is 13.8 Å². The number of fused-ring (bicyclic) bond motifs is 1. The topological polar surface area (TPSA) is 24.5 Å². The average Bonchev–Trinajstić information content (AvgIpc) is 2.86. The lowest BCUT2D eigenvalue weighted by Crippen LogP contribution is -2.40. The summed E-state index contributed by atoms with van der Waals surface area (Å²) in [6.45, 7) is 9.93. The molecule has 0 aromatic rings. The van der Waals surface area contributed by atoms with Gasteiger partial charge in [-0.2, -0.15) is 0 Å². The molecule has 0 aliphatic carbocycles. The van der Waals surface area contributed by atoms with Crippen molar-refractivity contribution in [2.45, 2.75) is 51.6 Å². The molecule has 2 fully saturated rings. The Bertz CT molecular complexity index is 220. The van der Waals surface area contributed by atoms with E-state index >= 15 is 0 Å². The molecule has 0 radical (unpaired) electrons. The number of ether oxygens (including phenoxy) is 1. The van der Waals surface area contributed by atoms with Crippen LogP contribution in [0, 0.1) is 5.92 Å². The number of nitrogens with zero attached hydrogens (tertiary/aromatic N) is 1. The molecule has 2 unspecified atom stereocenters. The number of nitrogens with one attached hydrogen (secondary N) is 1. The highest BCUT2D eigenvalue weighted by Crippen LogP contribution is 2.27. The first-order valence-corrected chi connectivity index (χ1v) is 7.32. The van der Waals surface area contributed by atoms with Crippen LogP contribution in [0.15, 0.2) is 0 Å². The molecule has 2 aliphatic rings. The minimum atomic E-state index is 0.728. The van der Waals surface area contributed by atoms with Gasteiger partial charge in [0.05, 0.1) is 6.61 Å². The smallest absolute Gasteiger partial charge is 0.0591 e. The van der Waals surface area contributed by atoms with Gasteiger partial charge in [0.15, 0.2) is 0 Å². The highest BCUT2D eigenvalue weighted by Gasteiger charge is 2.36. The molecular formula is C14H28N2O. The zero-order valence-electron chi connectivity index (χ0n) is 11.5. The van der Waals surface area contributed by atoms with E-state index in [4.69, 9.17) is 4.74 Å². The van der Waals surface area contributed by atoms with Gasteiger partial charge in [0.1, 0.15) is 0 Å². The van der Waals surface area contributed by atoms with Crippen molar-refractivity contribution in [1.82, 2.24) is 10.2 Å². The molecule has 3 heteroatoms. The molecule has 0 saturated carbocycles. The van der Waals surface area contributed by atoms with Gasteiger partial charge in [-0.25, -0.2) is 0 Å². The van der Waals surface area contributed by atoms with Crippen molar-refractivity contribution in [1.29, 1.82) is 0 Å². The van der Waals surface area contributed by atoms with Gasteiger partial charge in [0.25, 0.3) is 0 Å². The lowest BCUT2D eigenvalue weighted by atomic mass is 10.1. The quantitative estimate of drug-likeness (QED) is 0.688. The summed E-state index contributed by atoms with van der Waals surface area (Å²) in [5.41, 5.74) is 0. The van der Waals surface area contributed by atoms with Gasteiger partial charge in [0, 0.05) is 31.8 Å². The van der Waals surface area contributed by atoms with Crippen LogP contribution in [-0.4, -0.2) is 49.8 Å². The summed E-state index contributed by atoms with van der Waals surface area (Å²) < 4.78 is 5.64. The van der Waals surface area contributed by atoms with Crippen LogP contribution < -0.4 is 5.32 Å². The third-order valence-corrected chi connectivity index (χ3v) is 4.10. The molecule has 0 spiro atoms. The second kappa shape index (κ2) is 6.72. The van der Waals surface area contributed by atoms with Gasteiger partial charge in [-0.15, -0.1) is 0 Å². The van der Waals surface area contributed by atoms with E-state index in [0.717, 1.165) is 37.8 Å². The fourth-order valence-corrected chi connectivity index (χ4v) is 3.06. The molecular weight excluding hydrogens is 212 g/mol. The molecule has 2 heterocycles. The minimum absolute atomic E-state index is 0.728. The Morgan fingerprint density at radius 1 is 1.24 bits per heavy atom. The first-order valence-electron chi connectivity index (χ1n) is 7.32. The highest BCUT2D eigenvalue weighted by molar-refractivity contribution is 4.95. The summed E-state index contributed by atoms with van der Waals surface area (Å²) in [6.07, 6.45) is 5.30. The summed E-state index contributed by atoms with van der Waals surface area (Å²) in [5.74, 6) is 0.754. The Morgan fingerprint density at radius 2 is 2.12 bits per heavy atom. The molecule has 0 bridgehead atoms. The Hall–Kier alpha value is -0.120. The largest absolute Gasteiger partial charge is 0.380 e. The molecule has 17 heavy (non-hydrogen) atoms. The van der Waals surface area contributed by atoms with Crippen LogP contribution in [0.25, 0.3) is 0 Å². The molecule has 2 saturated heterocycles. The highest BCUT2D eigenvalue weighted by atomic mass is 16.5. The van der Waals surface area contributed by atoms with E-state index in [0.29, 0.717) is 0 Å². The van der Waals surface area contributed by atoms with E-state index in [9.17, 15) is 0 Å². The normalized spacial score (nSPS) is 29.1. The first kappa shape index (κ1) is 13.3. The lowest BCUT2D eigenvalue weighted by molar-refractivity contribution is 0.122. The summed E-state index contributed by atoms with van der Waals surface area (Å²) >= 11 is 0. The maximum atomic E-state index is 5.64. The SMILES string of the molecule is CC(C)CCOCCNC1CCN2CCCC12. The summed E-state index contributed by atoms with van der Waals surface area (Å²) in [4.78, 5) is 2.65. The van der Waals surface area contributed by atoms with Crippen LogP contribution in [0.1, 0.15) is 39.5 Å². The molecule has 2 aliphatic heterocycles. The van der Waals surface area contributed by atoms with Crippen molar-refractivity contribution in [3.05, 3.63) is 0 Å².